The maximum absolute atomic E-state index is 9.84. The Bertz CT molecular complexity index is 340. The number of hydrogen-bond acceptors (Lipinski definition) is 2. The lowest BCUT2D eigenvalue weighted by atomic mass is 9.48. The number of hydrogen-bond donors (Lipinski definition) is 0. The fourth-order valence-corrected chi connectivity index (χ4v) is 5.81. The summed E-state index contributed by atoms with van der Waals surface area (Å²) in [4.78, 5) is 2.22. The molecule has 2 heteroatoms. The third kappa shape index (κ3) is 1.56. The zero-order valence-corrected chi connectivity index (χ0v) is 12.0. The molecule has 4 fully saturated rings. The minimum Gasteiger partial charge on any atom is -0.291 e. The normalized spacial score (nSPS) is 44.9. The van der Waals surface area contributed by atoms with Crippen LogP contribution in [0.25, 0.3) is 0 Å². The van der Waals surface area contributed by atoms with Crippen molar-refractivity contribution in [1.82, 2.24) is 4.90 Å². The van der Waals surface area contributed by atoms with Crippen LogP contribution in [-0.2, 0) is 0 Å². The lowest BCUT2D eigenvalue weighted by Gasteiger charge is -2.59. The Kier molecular flexibility index (Phi) is 2.94. The molecule has 4 bridgehead atoms. The SMILES string of the molecule is CCC(C#N)(C1C2CC3CC(C2)CC1C3)N(C)C. The van der Waals surface area contributed by atoms with Gasteiger partial charge in [0.1, 0.15) is 5.54 Å². The fraction of sp³-hybridized carbons (Fsp3) is 0.938. The predicted octanol–water partition coefficient (Wildman–Crippen LogP) is 3.29. The van der Waals surface area contributed by atoms with E-state index in [1.54, 1.807) is 0 Å². The summed E-state index contributed by atoms with van der Waals surface area (Å²) < 4.78 is 0. The van der Waals surface area contributed by atoms with Gasteiger partial charge in [-0.25, -0.2) is 0 Å². The van der Waals surface area contributed by atoms with Crippen molar-refractivity contribution < 1.29 is 0 Å². The van der Waals surface area contributed by atoms with Crippen LogP contribution in [0.2, 0.25) is 0 Å². The first-order chi connectivity index (χ1) is 8.60. The highest BCUT2D eigenvalue weighted by molar-refractivity contribution is 5.16. The van der Waals surface area contributed by atoms with Gasteiger partial charge in [-0.2, -0.15) is 5.26 Å². The van der Waals surface area contributed by atoms with Gasteiger partial charge in [0.15, 0.2) is 0 Å². The number of nitriles is 1. The second-order valence-electron chi connectivity index (χ2n) is 7.24. The van der Waals surface area contributed by atoms with Gasteiger partial charge in [-0.15, -0.1) is 0 Å². The molecule has 4 saturated carbocycles. The van der Waals surface area contributed by atoms with Gasteiger partial charge < -0.3 is 0 Å². The van der Waals surface area contributed by atoms with E-state index in [0.29, 0.717) is 5.92 Å². The molecule has 0 heterocycles. The molecule has 4 aliphatic rings. The molecule has 0 radical (unpaired) electrons. The van der Waals surface area contributed by atoms with Crippen molar-refractivity contribution in [2.75, 3.05) is 14.1 Å². The molecule has 4 aliphatic carbocycles. The lowest BCUT2D eigenvalue weighted by molar-refractivity contribution is -0.0884. The van der Waals surface area contributed by atoms with Crippen molar-refractivity contribution >= 4 is 0 Å². The van der Waals surface area contributed by atoms with E-state index in [0.717, 1.165) is 30.1 Å². The van der Waals surface area contributed by atoms with Crippen LogP contribution in [0.5, 0.6) is 0 Å². The molecule has 0 aromatic carbocycles. The molecule has 0 amide bonds. The molecule has 0 saturated heterocycles. The predicted molar refractivity (Wildman–Crippen MR) is 72.9 cm³/mol. The molecule has 0 N–H and O–H groups in total. The monoisotopic (exact) mass is 246 g/mol. The minimum absolute atomic E-state index is 0.206. The third-order valence-electron chi connectivity index (χ3n) is 6.31. The van der Waals surface area contributed by atoms with Gasteiger partial charge in [-0.1, -0.05) is 6.92 Å². The second-order valence-corrected chi connectivity index (χ2v) is 7.24. The van der Waals surface area contributed by atoms with Crippen molar-refractivity contribution in [1.29, 1.82) is 5.26 Å². The van der Waals surface area contributed by atoms with Gasteiger partial charge >= 0.3 is 0 Å². The zero-order chi connectivity index (χ0) is 12.9. The molecule has 0 aromatic heterocycles. The first kappa shape index (κ1) is 12.5. The highest BCUT2D eigenvalue weighted by Gasteiger charge is 2.56. The molecular formula is C16H26N2. The number of nitrogens with zero attached hydrogens (tertiary/aromatic N) is 2. The highest BCUT2D eigenvalue weighted by Crippen LogP contribution is 2.60. The Morgan fingerprint density at radius 3 is 1.89 bits per heavy atom. The van der Waals surface area contributed by atoms with E-state index in [-0.39, 0.29) is 5.54 Å². The van der Waals surface area contributed by atoms with Crippen LogP contribution in [0.3, 0.4) is 0 Å². The highest BCUT2D eigenvalue weighted by atomic mass is 15.2. The Labute approximate surface area is 111 Å². The summed E-state index contributed by atoms with van der Waals surface area (Å²) in [5.41, 5.74) is -0.206. The Hall–Kier alpha value is -0.550. The van der Waals surface area contributed by atoms with Gasteiger partial charge in [-0.3, -0.25) is 4.90 Å². The van der Waals surface area contributed by atoms with E-state index < -0.39 is 0 Å². The summed E-state index contributed by atoms with van der Waals surface area (Å²) in [7, 11) is 4.22. The Balaban J connectivity index is 1.94. The van der Waals surface area contributed by atoms with Crippen molar-refractivity contribution in [2.45, 2.75) is 51.0 Å². The van der Waals surface area contributed by atoms with Crippen LogP contribution in [-0.4, -0.2) is 24.5 Å². The van der Waals surface area contributed by atoms with Crippen molar-refractivity contribution in [3.05, 3.63) is 0 Å². The van der Waals surface area contributed by atoms with Crippen LogP contribution >= 0.6 is 0 Å². The molecule has 0 spiro atoms. The summed E-state index contributed by atoms with van der Waals surface area (Å²) >= 11 is 0. The number of rotatable bonds is 3. The molecule has 18 heavy (non-hydrogen) atoms. The molecule has 4 rings (SSSR count). The van der Waals surface area contributed by atoms with E-state index in [9.17, 15) is 5.26 Å². The van der Waals surface area contributed by atoms with Gasteiger partial charge in [0.25, 0.3) is 0 Å². The van der Waals surface area contributed by atoms with E-state index in [2.05, 4.69) is 32.0 Å². The molecule has 0 aromatic rings. The molecule has 100 valence electrons. The van der Waals surface area contributed by atoms with Crippen LogP contribution in [0, 0.1) is 40.9 Å². The van der Waals surface area contributed by atoms with Crippen LogP contribution < -0.4 is 0 Å². The van der Waals surface area contributed by atoms with Crippen LogP contribution in [0.4, 0.5) is 0 Å². The summed E-state index contributed by atoms with van der Waals surface area (Å²) in [6, 6.07) is 2.72. The lowest BCUT2D eigenvalue weighted by Crippen LogP contribution is -2.59. The second kappa shape index (κ2) is 4.23. The first-order valence-corrected chi connectivity index (χ1v) is 7.69. The fourth-order valence-electron chi connectivity index (χ4n) is 5.81. The molecule has 2 nitrogen and oxygen atoms in total. The van der Waals surface area contributed by atoms with E-state index in [1.807, 2.05) is 0 Å². The molecule has 1 unspecified atom stereocenters. The standard InChI is InChI=1S/C16H26N2/c1-4-16(10-17,18(2)3)15-13-6-11-5-12(8-13)9-14(15)7-11/h11-15H,4-9H2,1-3H3. The largest absolute Gasteiger partial charge is 0.291 e. The van der Waals surface area contributed by atoms with E-state index in [1.165, 1.54) is 32.1 Å². The van der Waals surface area contributed by atoms with Crippen molar-refractivity contribution in [3.8, 4) is 6.07 Å². The Morgan fingerprint density at radius 1 is 1.06 bits per heavy atom. The average molecular weight is 246 g/mol. The van der Waals surface area contributed by atoms with Crippen LogP contribution in [0.1, 0.15) is 45.4 Å². The van der Waals surface area contributed by atoms with Gasteiger partial charge in [0.2, 0.25) is 0 Å². The molecule has 0 aliphatic heterocycles. The van der Waals surface area contributed by atoms with Crippen LogP contribution in [0.15, 0.2) is 0 Å². The summed E-state index contributed by atoms with van der Waals surface area (Å²) in [5.74, 6) is 4.31. The van der Waals surface area contributed by atoms with E-state index >= 15 is 0 Å². The van der Waals surface area contributed by atoms with E-state index in [4.69, 9.17) is 0 Å². The Morgan fingerprint density at radius 2 is 1.56 bits per heavy atom. The van der Waals surface area contributed by atoms with Gasteiger partial charge in [-0.05, 0) is 82.2 Å². The summed E-state index contributed by atoms with van der Waals surface area (Å²) in [6.45, 7) is 2.20. The first-order valence-electron chi connectivity index (χ1n) is 7.69. The van der Waals surface area contributed by atoms with Gasteiger partial charge in [0.05, 0.1) is 6.07 Å². The summed E-state index contributed by atoms with van der Waals surface area (Å²) in [6.07, 6.45) is 8.12. The van der Waals surface area contributed by atoms with Crippen molar-refractivity contribution in [3.63, 3.8) is 0 Å². The minimum atomic E-state index is -0.206. The maximum Gasteiger partial charge on any atom is 0.111 e. The van der Waals surface area contributed by atoms with Crippen molar-refractivity contribution in [2.24, 2.45) is 29.6 Å². The third-order valence-corrected chi connectivity index (χ3v) is 6.31. The quantitative estimate of drug-likeness (QED) is 0.764. The average Bonchev–Trinajstić information content (AvgIpc) is 2.32. The summed E-state index contributed by atoms with van der Waals surface area (Å²) in [5, 5.41) is 9.84. The smallest absolute Gasteiger partial charge is 0.111 e. The molecule has 1 atom stereocenters. The molecular weight excluding hydrogens is 220 g/mol. The zero-order valence-electron chi connectivity index (χ0n) is 12.0. The topological polar surface area (TPSA) is 27.0 Å². The maximum atomic E-state index is 9.84. The van der Waals surface area contributed by atoms with Gasteiger partial charge in [0, 0.05) is 0 Å².